The number of fused-ring (bicyclic) bond motifs is 1. The fourth-order valence-electron chi connectivity index (χ4n) is 4.08. The Hall–Kier alpha value is -3.02. The second-order valence-corrected chi connectivity index (χ2v) is 7.54. The molecule has 1 fully saturated rings. The molecule has 1 atom stereocenters. The van der Waals surface area contributed by atoms with Crippen LogP contribution < -0.4 is 0 Å². The lowest BCUT2D eigenvalue weighted by Gasteiger charge is -2.33. The van der Waals surface area contributed by atoms with Crippen LogP contribution in [0.3, 0.4) is 0 Å². The number of hydrogen-bond donors (Lipinski definition) is 1. The predicted octanol–water partition coefficient (Wildman–Crippen LogP) is 4.70. The second-order valence-electron chi connectivity index (χ2n) is 7.54. The number of halogens is 2. The molecule has 0 bridgehead atoms. The van der Waals surface area contributed by atoms with Gasteiger partial charge in [0.2, 0.25) is 0 Å². The Kier molecular flexibility index (Phi) is 5.43. The quantitative estimate of drug-likeness (QED) is 0.695. The Morgan fingerprint density at radius 1 is 1.14 bits per heavy atom. The number of phenols is 1. The molecular formula is C23H22F2N2O2. The van der Waals surface area contributed by atoms with Gasteiger partial charge >= 0.3 is 0 Å². The van der Waals surface area contributed by atoms with Gasteiger partial charge in [0.1, 0.15) is 17.2 Å². The van der Waals surface area contributed by atoms with E-state index in [1.54, 1.807) is 29.3 Å². The second kappa shape index (κ2) is 8.15. The number of rotatable bonds is 4. The molecule has 0 radical (unpaired) electrons. The van der Waals surface area contributed by atoms with Gasteiger partial charge in [0.25, 0.3) is 5.91 Å². The SMILES string of the molecule is O=C(c1ccc2cccnc2c1O)N1CCC[C@@H](CCc2c(F)cccc2F)C1. The van der Waals surface area contributed by atoms with Crippen LogP contribution in [0.25, 0.3) is 10.9 Å². The van der Waals surface area contributed by atoms with Gasteiger partial charge in [-0.15, -0.1) is 0 Å². The van der Waals surface area contributed by atoms with Crippen LogP contribution in [0.2, 0.25) is 0 Å². The molecule has 29 heavy (non-hydrogen) atoms. The van der Waals surface area contributed by atoms with Gasteiger partial charge in [-0.1, -0.05) is 18.2 Å². The van der Waals surface area contributed by atoms with Gasteiger partial charge in [0.15, 0.2) is 5.75 Å². The Bertz CT molecular complexity index is 1030. The molecule has 1 aliphatic rings. The van der Waals surface area contributed by atoms with Gasteiger partial charge in [-0.25, -0.2) is 8.78 Å². The minimum atomic E-state index is -0.526. The number of likely N-dealkylation sites (tertiary alicyclic amines) is 1. The van der Waals surface area contributed by atoms with E-state index in [0.29, 0.717) is 31.4 Å². The predicted molar refractivity (Wildman–Crippen MR) is 107 cm³/mol. The first kappa shape index (κ1) is 19.3. The highest BCUT2D eigenvalue weighted by molar-refractivity contribution is 6.02. The van der Waals surface area contributed by atoms with Crippen molar-refractivity contribution in [3.63, 3.8) is 0 Å². The molecular weight excluding hydrogens is 374 g/mol. The summed E-state index contributed by atoms with van der Waals surface area (Å²) < 4.78 is 27.7. The molecule has 0 unspecified atom stereocenters. The molecule has 150 valence electrons. The zero-order chi connectivity index (χ0) is 20.4. The van der Waals surface area contributed by atoms with Gasteiger partial charge in [0, 0.05) is 30.2 Å². The number of carbonyl (C=O) groups excluding carboxylic acids is 1. The highest BCUT2D eigenvalue weighted by atomic mass is 19.1. The molecule has 1 N–H and O–H groups in total. The molecule has 4 rings (SSSR count). The van der Waals surface area contributed by atoms with E-state index in [9.17, 15) is 18.7 Å². The maximum absolute atomic E-state index is 13.9. The molecule has 2 aromatic carbocycles. The third kappa shape index (κ3) is 3.92. The summed E-state index contributed by atoms with van der Waals surface area (Å²) in [5, 5.41) is 11.3. The molecule has 1 saturated heterocycles. The molecule has 0 spiro atoms. The molecule has 2 heterocycles. The van der Waals surface area contributed by atoms with Crippen molar-refractivity contribution in [2.45, 2.75) is 25.7 Å². The summed E-state index contributed by atoms with van der Waals surface area (Å²) in [6, 6.07) is 10.9. The van der Waals surface area contributed by atoms with E-state index in [0.717, 1.165) is 18.2 Å². The topological polar surface area (TPSA) is 53.4 Å². The van der Waals surface area contributed by atoms with Gasteiger partial charge in [0.05, 0.1) is 5.56 Å². The smallest absolute Gasteiger partial charge is 0.257 e. The van der Waals surface area contributed by atoms with E-state index in [2.05, 4.69) is 4.98 Å². The average Bonchev–Trinajstić information content (AvgIpc) is 2.74. The summed E-state index contributed by atoms with van der Waals surface area (Å²) in [5.74, 6) is -1.24. The third-order valence-corrected chi connectivity index (χ3v) is 5.65. The largest absolute Gasteiger partial charge is 0.505 e. The van der Waals surface area contributed by atoms with Gasteiger partial charge in [-0.2, -0.15) is 0 Å². The number of aromatic hydroxyl groups is 1. The number of carbonyl (C=O) groups is 1. The number of aromatic nitrogens is 1. The lowest BCUT2D eigenvalue weighted by Crippen LogP contribution is -2.40. The zero-order valence-electron chi connectivity index (χ0n) is 15.9. The number of benzene rings is 2. The number of hydrogen-bond acceptors (Lipinski definition) is 3. The van der Waals surface area contributed by atoms with Crippen LogP contribution in [0.4, 0.5) is 8.78 Å². The number of pyridine rings is 1. The molecule has 4 nitrogen and oxygen atoms in total. The van der Waals surface area contributed by atoms with Gasteiger partial charge in [-0.3, -0.25) is 9.78 Å². The van der Waals surface area contributed by atoms with Crippen LogP contribution in [0, 0.1) is 17.6 Å². The summed E-state index contributed by atoms with van der Waals surface area (Å²) in [6.07, 6.45) is 4.21. The number of nitrogens with zero attached hydrogens (tertiary/aromatic N) is 2. The minimum Gasteiger partial charge on any atom is -0.505 e. The maximum Gasteiger partial charge on any atom is 0.257 e. The van der Waals surface area contributed by atoms with Crippen LogP contribution in [-0.2, 0) is 6.42 Å². The molecule has 6 heteroatoms. The van der Waals surface area contributed by atoms with E-state index in [-0.39, 0.29) is 28.7 Å². The highest BCUT2D eigenvalue weighted by Crippen LogP contribution is 2.30. The number of phenolic OH excluding ortho intramolecular Hbond substituents is 1. The maximum atomic E-state index is 13.9. The fraction of sp³-hybridized carbons (Fsp3) is 0.304. The van der Waals surface area contributed by atoms with Crippen molar-refractivity contribution in [2.75, 3.05) is 13.1 Å². The molecule has 1 amide bonds. The van der Waals surface area contributed by atoms with Crippen LogP contribution >= 0.6 is 0 Å². The van der Waals surface area contributed by atoms with Crippen LogP contribution in [0.5, 0.6) is 5.75 Å². The van der Waals surface area contributed by atoms with Crippen LogP contribution in [0.1, 0.15) is 35.2 Å². The summed E-state index contributed by atoms with van der Waals surface area (Å²) in [6.45, 7) is 1.11. The highest BCUT2D eigenvalue weighted by Gasteiger charge is 2.27. The monoisotopic (exact) mass is 396 g/mol. The molecule has 1 aromatic heterocycles. The van der Waals surface area contributed by atoms with Crippen molar-refractivity contribution in [2.24, 2.45) is 5.92 Å². The summed E-state index contributed by atoms with van der Waals surface area (Å²) in [4.78, 5) is 18.9. The Morgan fingerprint density at radius 3 is 2.72 bits per heavy atom. The van der Waals surface area contributed by atoms with E-state index >= 15 is 0 Å². The van der Waals surface area contributed by atoms with E-state index in [4.69, 9.17) is 0 Å². The Balaban J connectivity index is 1.47. The standard InChI is InChI=1S/C23H22F2N2O2/c24-19-6-1-7-20(25)17(19)10-8-15-4-3-13-27(14-15)23(29)18-11-9-16-5-2-12-26-21(16)22(18)28/h1-2,5-7,9,11-12,15,28H,3-4,8,10,13-14H2/t15-/m0/s1. The summed E-state index contributed by atoms with van der Waals surface area (Å²) >= 11 is 0. The average molecular weight is 396 g/mol. The first-order chi connectivity index (χ1) is 14.0. The lowest BCUT2D eigenvalue weighted by atomic mass is 9.91. The molecule has 0 saturated carbocycles. The lowest BCUT2D eigenvalue weighted by molar-refractivity contribution is 0.0665. The van der Waals surface area contributed by atoms with Crippen molar-refractivity contribution in [3.05, 3.63) is 71.4 Å². The van der Waals surface area contributed by atoms with Crippen molar-refractivity contribution < 1.29 is 18.7 Å². The summed E-state index contributed by atoms with van der Waals surface area (Å²) in [7, 11) is 0. The first-order valence-corrected chi connectivity index (χ1v) is 9.83. The molecule has 0 aliphatic carbocycles. The van der Waals surface area contributed by atoms with E-state index < -0.39 is 11.6 Å². The normalized spacial score (nSPS) is 16.9. The van der Waals surface area contributed by atoms with Crippen molar-refractivity contribution in [3.8, 4) is 5.75 Å². The van der Waals surface area contributed by atoms with Crippen molar-refractivity contribution in [1.82, 2.24) is 9.88 Å². The van der Waals surface area contributed by atoms with Gasteiger partial charge in [-0.05, 0) is 55.9 Å². The fourth-order valence-corrected chi connectivity index (χ4v) is 4.08. The van der Waals surface area contributed by atoms with E-state index in [1.807, 2.05) is 6.07 Å². The Labute approximate surface area is 167 Å². The summed E-state index contributed by atoms with van der Waals surface area (Å²) in [5.41, 5.74) is 0.744. The minimum absolute atomic E-state index is 0.106. The van der Waals surface area contributed by atoms with Crippen molar-refractivity contribution >= 4 is 16.8 Å². The number of amides is 1. The first-order valence-electron chi connectivity index (χ1n) is 9.83. The van der Waals surface area contributed by atoms with Crippen molar-refractivity contribution in [1.29, 1.82) is 0 Å². The third-order valence-electron chi connectivity index (χ3n) is 5.65. The van der Waals surface area contributed by atoms with Gasteiger partial charge < -0.3 is 10.0 Å². The molecule has 3 aromatic rings. The number of piperidine rings is 1. The van der Waals surface area contributed by atoms with Crippen LogP contribution in [-0.4, -0.2) is 34.0 Å². The van der Waals surface area contributed by atoms with Crippen LogP contribution in [0.15, 0.2) is 48.7 Å². The Morgan fingerprint density at radius 2 is 1.93 bits per heavy atom. The molecule has 1 aliphatic heterocycles. The zero-order valence-corrected chi connectivity index (χ0v) is 15.9. The van der Waals surface area contributed by atoms with E-state index in [1.165, 1.54) is 18.2 Å².